The number of anilines is 1. The molecule has 0 unspecified atom stereocenters. The standard InChI is InChI=1S/C19H18BrN3O3S/c1-22(2)7-8-23(18(24)12-5-3-4-6-13(12)20)19-21-14-9-15-16(26-11-25-15)10-17(14)27-19/h3-6,9-10H,7-8,11H2,1-2H3. The number of rotatable bonds is 5. The lowest BCUT2D eigenvalue weighted by Crippen LogP contribution is -2.36. The van der Waals surface area contributed by atoms with Gasteiger partial charge in [-0.1, -0.05) is 23.5 Å². The molecule has 4 rings (SSSR count). The molecule has 0 bridgehead atoms. The number of ether oxygens (including phenoxy) is 2. The van der Waals surface area contributed by atoms with Crippen LogP contribution in [0.1, 0.15) is 10.4 Å². The Morgan fingerprint density at radius 1 is 1.19 bits per heavy atom. The highest BCUT2D eigenvalue weighted by Crippen LogP contribution is 2.40. The van der Waals surface area contributed by atoms with E-state index in [0.29, 0.717) is 23.0 Å². The molecule has 6 nitrogen and oxygen atoms in total. The van der Waals surface area contributed by atoms with Crippen molar-refractivity contribution in [2.24, 2.45) is 0 Å². The van der Waals surface area contributed by atoms with Crippen molar-refractivity contribution in [1.29, 1.82) is 0 Å². The van der Waals surface area contributed by atoms with E-state index in [-0.39, 0.29) is 12.7 Å². The van der Waals surface area contributed by atoms with Crippen LogP contribution >= 0.6 is 27.3 Å². The molecule has 0 spiro atoms. The average molecular weight is 448 g/mol. The third-order valence-electron chi connectivity index (χ3n) is 4.22. The zero-order valence-corrected chi connectivity index (χ0v) is 17.3. The number of halogens is 1. The minimum Gasteiger partial charge on any atom is -0.454 e. The Balaban J connectivity index is 1.73. The van der Waals surface area contributed by atoms with Crippen molar-refractivity contribution in [3.8, 4) is 11.5 Å². The molecule has 1 amide bonds. The van der Waals surface area contributed by atoms with Crippen LogP contribution in [0.3, 0.4) is 0 Å². The molecule has 3 aromatic rings. The highest BCUT2D eigenvalue weighted by molar-refractivity contribution is 9.10. The largest absolute Gasteiger partial charge is 0.454 e. The lowest BCUT2D eigenvalue weighted by atomic mass is 10.2. The van der Waals surface area contributed by atoms with Crippen LogP contribution in [-0.2, 0) is 0 Å². The highest BCUT2D eigenvalue weighted by Gasteiger charge is 2.24. The summed E-state index contributed by atoms with van der Waals surface area (Å²) < 4.78 is 12.6. The molecule has 0 N–H and O–H groups in total. The topological polar surface area (TPSA) is 54.9 Å². The molecule has 2 aromatic carbocycles. The van der Waals surface area contributed by atoms with Crippen LogP contribution in [-0.4, -0.2) is 49.8 Å². The Bertz CT molecular complexity index is 964. The predicted octanol–water partition coefficient (Wildman–Crippen LogP) is 4.00. The van der Waals surface area contributed by atoms with E-state index in [1.165, 1.54) is 11.3 Å². The van der Waals surface area contributed by atoms with Crippen molar-refractivity contribution in [2.75, 3.05) is 38.9 Å². The van der Waals surface area contributed by atoms with Crippen molar-refractivity contribution in [2.45, 2.75) is 0 Å². The first kappa shape index (κ1) is 18.2. The van der Waals surface area contributed by atoms with Crippen LogP contribution in [0.25, 0.3) is 10.2 Å². The molecule has 0 saturated carbocycles. The number of aromatic nitrogens is 1. The van der Waals surface area contributed by atoms with Crippen molar-refractivity contribution >= 4 is 48.5 Å². The van der Waals surface area contributed by atoms with Crippen LogP contribution in [0, 0.1) is 0 Å². The van der Waals surface area contributed by atoms with Crippen LogP contribution < -0.4 is 14.4 Å². The molecule has 0 aliphatic carbocycles. The van der Waals surface area contributed by atoms with E-state index in [1.54, 1.807) is 4.90 Å². The molecular weight excluding hydrogens is 430 g/mol. The molecule has 2 heterocycles. The number of nitrogens with zero attached hydrogens (tertiary/aromatic N) is 3. The van der Waals surface area contributed by atoms with Gasteiger partial charge in [0.15, 0.2) is 16.6 Å². The van der Waals surface area contributed by atoms with Gasteiger partial charge < -0.3 is 14.4 Å². The van der Waals surface area contributed by atoms with Crippen molar-refractivity contribution in [1.82, 2.24) is 9.88 Å². The molecule has 0 atom stereocenters. The molecular formula is C19H18BrN3O3S. The van der Waals surface area contributed by atoms with E-state index in [0.717, 1.165) is 27.0 Å². The molecule has 27 heavy (non-hydrogen) atoms. The van der Waals surface area contributed by atoms with E-state index >= 15 is 0 Å². The van der Waals surface area contributed by atoms with Crippen molar-refractivity contribution in [3.05, 3.63) is 46.4 Å². The summed E-state index contributed by atoms with van der Waals surface area (Å²) in [4.78, 5) is 21.7. The SMILES string of the molecule is CN(C)CCN(C(=O)c1ccccc1Br)c1nc2cc3c(cc2s1)OCO3. The summed E-state index contributed by atoms with van der Waals surface area (Å²) in [5.74, 6) is 1.33. The van der Waals surface area contributed by atoms with Gasteiger partial charge in [-0.25, -0.2) is 4.98 Å². The van der Waals surface area contributed by atoms with Gasteiger partial charge in [0.05, 0.1) is 15.8 Å². The number of hydrogen-bond donors (Lipinski definition) is 0. The summed E-state index contributed by atoms with van der Waals surface area (Å²) in [6.07, 6.45) is 0. The average Bonchev–Trinajstić information content (AvgIpc) is 3.25. The number of carbonyl (C=O) groups is 1. The van der Waals surface area contributed by atoms with E-state index in [9.17, 15) is 4.79 Å². The van der Waals surface area contributed by atoms with E-state index in [1.807, 2.05) is 55.4 Å². The van der Waals surface area contributed by atoms with E-state index in [4.69, 9.17) is 14.5 Å². The van der Waals surface area contributed by atoms with E-state index < -0.39 is 0 Å². The lowest BCUT2D eigenvalue weighted by molar-refractivity contribution is 0.0984. The number of benzene rings is 2. The maximum Gasteiger partial charge on any atom is 0.261 e. The minimum atomic E-state index is -0.0802. The number of likely N-dealkylation sites (N-methyl/N-ethyl adjacent to an activating group) is 1. The zero-order valence-electron chi connectivity index (χ0n) is 14.9. The van der Waals surface area contributed by atoms with Gasteiger partial charge in [-0.05, 0) is 42.2 Å². The minimum absolute atomic E-state index is 0.0802. The number of amides is 1. The highest BCUT2D eigenvalue weighted by atomic mass is 79.9. The molecule has 140 valence electrons. The number of hydrogen-bond acceptors (Lipinski definition) is 6. The third kappa shape index (κ3) is 3.65. The van der Waals surface area contributed by atoms with Crippen LogP contribution in [0.2, 0.25) is 0 Å². The molecule has 1 aliphatic rings. The summed E-state index contributed by atoms with van der Waals surface area (Å²) in [5.41, 5.74) is 1.42. The maximum absolute atomic E-state index is 13.3. The van der Waals surface area contributed by atoms with Crippen LogP contribution in [0.5, 0.6) is 11.5 Å². The Labute approximate surface area is 169 Å². The van der Waals surface area contributed by atoms with Gasteiger partial charge in [0.1, 0.15) is 0 Å². The first-order chi connectivity index (χ1) is 13.0. The second kappa shape index (κ2) is 7.46. The second-order valence-electron chi connectivity index (χ2n) is 6.41. The van der Waals surface area contributed by atoms with Gasteiger partial charge in [-0.2, -0.15) is 0 Å². The Morgan fingerprint density at radius 3 is 2.67 bits per heavy atom. The van der Waals surface area contributed by atoms with E-state index in [2.05, 4.69) is 15.9 Å². The molecule has 0 fully saturated rings. The molecule has 8 heteroatoms. The van der Waals surface area contributed by atoms with Gasteiger partial charge in [0.2, 0.25) is 6.79 Å². The lowest BCUT2D eigenvalue weighted by Gasteiger charge is -2.22. The second-order valence-corrected chi connectivity index (χ2v) is 8.27. The molecule has 0 saturated heterocycles. The van der Waals surface area contributed by atoms with Gasteiger partial charge in [0, 0.05) is 29.7 Å². The molecule has 0 radical (unpaired) electrons. The fraction of sp³-hybridized carbons (Fsp3) is 0.263. The molecule has 1 aliphatic heterocycles. The number of thiazole rings is 1. The Morgan fingerprint density at radius 2 is 1.93 bits per heavy atom. The van der Waals surface area contributed by atoms with Crippen molar-refractivity contribution < 1.29 is 14.3 Å². The van der Waals surface area contributed by atoms with Crippen LogP contribution in [0.15, 0.2) is 40.9 Å². The summed E-state index contributed by atoms with van der Waals surface area (Å²) in [5, 5.41) is 0.663. The van der Waals surface area contributed by atoms with Crippen molar-refractivity contribution in [3.63, 3.8) is 0 Å². The molecule has 1 aromatic heterocycles. The normalized spacial score (nSPS) is 12.7. The monoisotopic (exact) mass is 447 g/mol. The smallest absolute Gasteiger partial charge is 0.261 e. The Kier molecular flexibility index (Phi) is 5.03. The number of carbonyl (C=O) groups excluding carboxylic acids is 1. The summed E-state index contributed by atoms with van der Waals surface area (Å²) >= 11 is 4.96. The quantitative estimate of drug-likeness (QED) is 0.591. The van der Waals surface area contributed by atoms with Gasteiger partial charge >= 0.3 is 0 Å². The summed E-state index contributed by atoms with van der Waals surface area (Å²) in [6, 6.07) is 11.2. The first-order valence-electron chi connectivity index (χ1n) is 8.44. The maximum atomic E-state index is 13.3. The fourth-order valence-electron chi connectivity index (χ4n) is 2.79. The zero-order chi connectivity index (χ0) is 19.0. The van der Waals surface area contributed by atoms with Gasteiger partial charge in [-0.15, -0.1) is 0 Å². The van der Waals surface area contributed by atoms with Gasteiger partial charge in [0.25, 0.3) is 5.91 Å². The third-order valence-corrected chi connectivity index (χ3v) is 5.96. The fourth-order valence-corrected chi connectivity index (χ4v) is 4.24. The van der Waals surface area contributed by atoms with Crippen LogP contribution in [0.4, 0.5) is 5.13 Å². The first-order valence-corrected chi connectivity index (χ1v) is 10.0. The summed E-state index contributed by atoms with van der Waals surface area (Å²) in [7, 11) is 3.97. The number of fused-ring (bicyclic) bond motifs is 2. The Hall–Kier alpha value is -2.16. The predicted molar refractivity (Wildman–Crippen MR) is 110 cm³/mol. The van der Waals surface area contributed by atoms with Gasteiger partial charge in [-0.3, -0.25) is 9.69 Å². The summed E-state index contributed by atoms with van der Waals surface area (Å²) in [6.45, 7) is 1.50.